The van der Waals surface area contributed by atoms with Gasteiger partial charge in [-0.05, 0) is 36.7 Å². The van der Waals surface area contributed by atoms with E-state index in [4.69, 9.17) is 9.47 Å². The molecule has 2 heteroatoms. The third kappa shape index (κ3) is 2.42. The van der Waals surface area contributed by atoms with Crippen LogP contribution >= 0.6 is 0 Å². The minimum absolute atomic E-state index is 0.290. The Morgan fingerprint density at radius 1 is 1.25 bits per heavy atom. The summed E-state index contributed by atoms with van der Waals surface area (Å²) in [6, 6.07) is 0. The third-order valence-corrected chi connectivity index (χ3v) is 4.01. The molecule has 1 spiro atoms. The van der Waals surface area contributed by atoms with E-state index in [0.717, 1.165) is 25.4 Å². The summed E-state index contributed by atoms with van der Waals surface area (Å²) in [6.45, 7) is 9.79. The Balaban J connectivity index is 1.95. The lowest BCUT2D eigenvalue weighted by Crippen LogP contribution is -2.43. The Morgan fingerprint density at radius 3 is 2.31 bits per heavy atom. The van der Waals surface area contributed by atoms with Crippen LogP contribution in [0.4, 0.5) is 0 Å². The summed E-state index contributed by atoms with van der Waals surface area (Å²) in [5.74, 6) is 0.513. The molecule has 0 atom stereocenters. The summed E-state index contributed by atoms with van der Waals surface area (Å²) < 4.78 is 11.7. The van der Waals surface area contributed by atoms with Gasteiger partial charge in [0.1, 0.15) is 0 Å². The second-order valence-electron chi connectivity index (χ2n) is 6.42. The summed E-state index contributed by atoms with van der Waals surface area (Å²) in [5.41, 5.74) is 1.60. The van der Waals surface area contributed by atoms with Crippen molar-refractivity contribution < 1.29 is 9.47 Å². The van der Waals surface area contributed by atoms with E-state index in [1.807, 2.05) is 13.2 Å². The van der Waals surface area contributed by atoms with Crippen molar-refractivity contribution in [3.63, 3.8) is 0 Å². The maximum Gasteiger partial charge on any atom is 0.209 e. The molecule has 16 heavy (non-hydrogen) atoms. The lowest BCUT2D eigenvalue weighted by molar-refractivity contribution is -0.238. The Hall–Kier alpha value is -0.500. The van der Waals surface area contributed by atoms with Crippen LogP contribution in [0.1, 0.15) is 53.4 Å². The zero-order valence-corrected chi connectivity index (χ0v) is 11.0. The maximum absolute atomic E-state index is 5.89. The molecule has 0 aromatic carbocycles. The van der Waals surface area contributed by atoms with Crippen molar-refractivity contribution in [1.82, 2.24) is 0 Å². The van der Waals surface area contributed by atoms with Gasteiger partial charge in [-0.3, -0.25) is 0 Å². The summed E-state index contributed by atoms with van der Waals surface area (Å²) >= 11 is 0. The Labute approximate surface area is 99.0 Å². The SMILES string of the molecule is CC1=COC2(CCC(C(C)(C)C)CC2)OC1. The van der Waals surface area contributed by atoms with E-state index < -0.39 is 0 Å². The van der Waals surface area contributed by atoms with Gasteiger partial charge in [0, 0.05) is 12.8 Å². The predicted octanol–water partition coefficient (Wildman–Crippen LogP) is 3.87. The van der Waals surface area contributed by atoms with E-state index >= 15 is 0 Å². The highest BCUT2D eigenvalue weighted by Gasteiger charge is 2.41. The van der Waals surface area contributed by atoms with Crippen LogP contribution in [0.5, 0.6) is 0 Å². The molecule has 0 bridgehead atoms. The fourth-order valence-corrected chi connectivity index (χ4v) is 2.71. The zero-order chi connectivity index (χ0) is 11.8. The standard InChI is InChI=1S/C14H24O2/c1-11-9-15-14(16-10-11)7-5-12(6-8-14)13(2,3)4/h9,12H,5-8,10H2,1-4H3. The number of hydrogen-bond acceptors (Lipinski definition) is 2. The van der Waals surface area contributed by atoms with E-state index in [1.165, 1.54) is 18.4 Å². The molecule has 0 unspecified atom stereocenters. The highest BCUT2D eigenvalue weighted by Crippen LogP contribution is 2.44. The van der Waals surface area contributed by atoms with Gasteiger partial charge in [0.25, 0.3) is 0 Å². The molecule has 92 valence electrons. The smallest absolute Gasteiger partial charge is 0.209 e. The maximum atomic E-state index is 5.89. The van der Waals surface area contributed by atoms with Crippen LogP contribution in [0.2, 0.25) is 0 Å². The van der Waals surface area contributed by atoms with Gasteiger partial charge in [-0.1, -0.05) is 20.8 Å². The topological polar surface area (TPSA) is 18.5 Å². The van der Waals surface area contributed by atoms with E-state index in [9.17, 15) is 0 Å². The molecule has 0 aromatic heterocycles. The molecule has 0 N–H and O–H groups in total. The number of rotatable bonds is 0. The van der Waals surface area contributed by atoms with Gasteiger partial charge >= 0.3 is 0 Å². The molecule has 2 rings (SSSR count). The Bertz CT molecular complexity index is 278. The van der Waals surface area contributed by atoms with Gasteiger partial charge in [-0.2, -0.15) is 0 Å². The van der Waals surface area contributed by atoms with Gasteiger partial charge in [-0.25, -0.2) is 0 Å². The summed E-state index contributed by atoms with van der Waals surface area (Å²) in [5, 5.41) is 0. The van der Waals surface area contributed by atoms with Crippen molar-refractivity contribution in [3.05, 3.63) is 11.8 Å². The normalized spacial score (nSPS) is 35.8. The first-order valence-electron chi connectivity index (χ1n) is 6.39. The van der Waals surface area contributed by atoms with E-state index in [1.54, 1.807) is 0 Å². The van der Waals surface area contributed by atoms with Crippen LogP contribution in [0.25, 0.3) is 0 Å². The molecule has 0 radical (unpaired) electrons. The molecular weight excluding hydrogens is 200 g/mol. The van der Waals surface area contributed by atoms with Gasteiger partial charge in [0.2, 0.25) is 5.79 Å². The second-order valence-corrected chi connectivity index (χ2v) is 6.42. The average molecular weight is 224 g/mol. The van der Waals surface area contributed by atoms with E-state index in [-0.39, 0.29) is 5.79 Å². The van der Waals surface area contributed by atoms with Gasteiger partial charge in [0.15, 0.2) is 0 Å². The first kappa shape index (κ1) is 12.0. The van der Waals surface area contributed by atoms with Crippen LogP contribution in [-0.4, -0.2) is 12.4 Å². The lowest BCUT2D eigenvalue weighted by atomic mass is 9.71. The number of ether oxygens (including phenoxy) is 2. The molecule has 1 heterocycles. The van der Waals surface area contributed by atoms with Crippen molar-refractivity contribution in [2.75, 3.05) is 6.61 Å². The third-order valence-electron chi connectivity index (χ3n) is 4.01. The second kappa shape index (κ2) is 4.06. The fraction of sp³-hybridized carbons (Fsp3) is 0.857. The molecule has 1 aliphatic carbocycles. The minimum Gasteiger partial charge on any atom is -0.470 e. The van der Waals surface area contributed by atoms with Gasteiger partial charge in [0.05, 0.1) is 12.9 Å². The predicted molar refractivity (Wildman–Crippen MR) is 64.9 cm³/mol. The van der Waals surface area contributed by atoms with Gasteiger partial charge in [-0.15, -0.1) is 0 Å². The molecule has 1 aliphatic heterocycles. The monoisotopic (exact) mass is 224 g/mol. The molecule has 0 amide bonds. The Kier molecular flexibility index (Phi) is 3.04. The summed E-state index contributed by atoms with van der Waals surface area (Å²) in [4.78, 5) is 0. The van der Waals surface area contributed by atoms with Crippen molar-refractivity contribution in [3.8, 4) is 0 Å². The first-order chi connectivity index (χ1) is 7.41. The molecule has 0 saturated heterocycles. The van der Waals surface area contributed by atoms with Crippen LogP contribution in [0, 0.1) is 11.3 Å². The van der Waals surface area contributed by atoms with Crippen molar-refractivity contribution >= 4 is 0 Å². The lowest BCUT2D eigenvalue weighted by Gasteiger charge is -2.44. The average Bonchev–Trinajstić information content (AvgIpc) is 2.22. The molecular formula is C14H24O2. The molecule has 1 fully saturated rings. The minimum atomic E-state index is -0.290. The molecule has 0 aromatic rings. The summed E-state index contributed by atoms with van der Waals surface area (Å²) in [7, 11) is 0. The quantitative estimate of drug-likeness (QED) is 0.622. The van der Waals surface area contributed by atoms with Crippen LogP contribution < -0.4 is 0 Å². The fourth-order valence-electron chi connectivity index (χ4n) is 2.71. The van der Waals surface area contributed by atoms with Gasteiger partial charge < -0.3 is 9.47 Å². The van der Waals surface area contributed by atoms with Crippen LogP contribution in [0.3, 0.4) is 0 Å². The van der Waals surface area contributed by atoms with Crippen molar-refractivity contribution in [2.24, 2.45) is 11.3 Å². The number of hydrogen-bond donors (Lipinski definition) is 0. The van der Waals surface area contributed by atoms with Crippen molar-refractivity contribution in [2.45, 2.75) is 59.2 Å². The highest BCUT2D eigenvalue weighted by atomic mass is 16.7. The molecule has 2 nitrogen and oxygen atoms in total. The Morgan fingerprint density at radius 2 is 1.88 bits per heavy atom. The summed E-state index contributed by atoms with van der Waals surface area (Å²) in [6.07, 6.45) is 6.41. The van der Waals surface area contributed by atoms with Crippen LogP contribution in [-0.2, 0) is 9.47 Å². The van der Waals surface area contributed by atoms with Crippen LogP contribution in [0.15, 0.2) is 11.8 Å². The molecule has 2 aliphatic rings. The molecule has 1 saturated carbocycles. The van der Waals surface area contributed by atoms with E-state index in [0.29, 0.717) is 5.41 Å². The zero-order valence-electron chi connectivity index (χ0n) is 11.0. The van der Waals surface area contributed by atoms with Crippen molar-refractivity contribution in [1.29, 1.82) is 0 Å². The van der Waals surface area contributed by atoms with E-state index in [2.05, 4.69) is 20.8 Å². The highest BCUT2D eigenvalue weighted by molar-refractivity contribution is 4.99. The first-order valence-corrected chi connectivity index (χ1v) is 6.39. The largest absolute Gasteiger partial charge is 0.470 e.